The van der Waals surface area contributed by atoms with Crippen LogP contribution in [0.5, 0.6) is 0 Å². The van der Waals surface area contributed by atoms with Crippen LogP contribution < -0.4 is 16.8 Å². The molecule has 32 heavy (non-hydrogen) atoms. The van der Waals surface area contributed by atoms with Gasteiger partial charge in [0.2, 0.25) is 0 Å². The number of nitrogens with one attached hydrogen (secondary N) is 2. The first kappa shape index (κ1) is 22.1. The predicted molar refractivity (Wildman–Crippen MR) is 138 cm³/mol. The lowest BCUT2D eigenvalue weighted by molar-refractivity contribution is 1.08. The first-order valence-electron chi connectivity index (χ1n) is 10.2. The number of rotatable bonds is 0. The zero-order valence-electron chi connectivity index (χ0n) is 18.2. The summed E-state index contributed by atoms with van der Waals surface area (Å²) >= 11 is 3.20. The average molecular weight is 463 g/mol. The molecule has 0 saturated heterocycles. The Kier molecular flexibility index (Phi) is 6.64. The molecule has 0 radical (unpaired) electrons. The zero-order chi connectivity index (χ0) is 22.7. The van der Waals surface area contributed by atoms with Gasteiger partial charge in [-0.05, 0) is 73.9 Å². The van der Waals surface area contributed by atoms with E-state index < -0.39 is 0 Å². The normalized spacial score (nSPS) is 14.2. The third-order valence-corrected chi connectivity index (χ3v) is 6.65. The maximum atomic E-state index is 5.69. The average Bonchev–Trinajstić information content (AvgIpc) is 3.44. The molecule has 2 aromatic heterocycles. The molecule has 0 bridgehead atoms. The number of aromatic amines is 1. The lowest BCUT2D eigenvalue weighted by atomic mass is 10.2. The van der Waals surface area contributed by atoms with Crippen molar-refractivity contribution in [3.8, 4) is 0 Å². The lowest BCUT2D eigenvalue weighted by Gasteiger charge is -2.00. The molecular formula is C24H26N6S2. The van der Waals surface area contributed by atoms with Crippen molar-refractivity contribution in [2.75, 3.05) is 11.1 Å². The van der Waals surface area contributed by atoms with E-state index >= 15 is 0 Å². The number of anilines is 2. The zero-order valence-corrected chi connectivity index (χ0v) is 19.8. The predicted octanol–water partition coefficient (Wildman–Crippen LogP) is 5.81. The molecule has 0 aliphatic carbocycles. The summed E-state index contributed by atoms with van der Waals surface area (Å²) in [7, 11) is 0. The van der Waals surface area contributed by atoms with E-state index in [4.69, 9.17) is 11.5 Å². The Morgan fingerprint density at radius 2 is 1.56 bits per heavy atom. The lowest BCUT2D eigenvalue weighted by Crippen LogP contribution is -2.20. The summed E-state index contributed by atoms with van der Waals surface area (Å²) in [5, 5.41) is 3.82. The number of benzene rings is 3. The van der Waals surface area contributed by atoms with E-state index in [9.17, 15) is 0 Å². The second-order valence-electron chi connectivity index (χ2n) is 7.63. The topological polar surface area (TPSA) is 106 Å². The first-order valence-corrected chi connectivity index (χ1v) is 11.9. The van der Waals surface area contributed by atoms with Crippen LogP contribution in [0.25, 0.3) is 21.3 Å². The number of nitrogen functional groups attached to an aromatic ring is 1. The number of thiazole rings is 1. The molecule has 0 spiro atoms. The molecule has 5 aromatic rings. The summed E-state index contributed by atoms with van der Waals surface area (Å²) in [6.45, 7) is 6.21. The Bertz CT molecular complexity index is 1360. The highest BCUT2D eigenvalue weighted by atomic mass is 32.2. The van der Waals surface area contributed by atoms with Gasteiger partial charge in [-0.1, -0.05) is 41.3 Å². The number of nitrogens with two attached hydrogens (primary N) is 2. The van der Waals surface area contributed by atoms with Crippen molar-refractivity contribution >= 4 is 55.2 Å². The monoisotopic (exact) mass is 462 g/mol. The van der Waals surface area contributed by atoms with Crippen LogP contribution in [-0.4, -0.2) is 20.4 Å². The highest BCUT2D eigenvalue weighted by Gasteiger charge is 2.16. The van der Waals surface area contributed by atoms with Crippen molar-refractivity contribution in [2.45, 2.75) is 31.2 Å². The highest BCUT2D eigenvalue weighted by Crippen LogP contribution is 2.36. The molecule has 164 valence electrons. The number of hydrogen-bond acceptors (Lipinski definition) is 7. The summed E-state index contributed by atoms with van der Waals surface area (Å²) in [6.07, 6.45) is 1.71. The summed E-state index contributed by atoms with van der Waals surface area (Å²) in [4.78, 5) is 12.6. The molecule has 3 aromatic carbocycles. The van der Waals surface area contributed by atoms with Crippen molar-refractivity contribution < 1.29 is 0 Å². The van der Waals surface area contributed by atoms with E-state index in [1.807, 2.05) is 18.2 Å². The first-order chi connectivity index (χ1) is 15.4. The summed E-state index contributed by atoms with van der Waals surface area (Å²) in [6, 6.07) is 18.6. The van der Waals surface area contributed by atoms with E-state index in [2.05, 4.69) is 77.4 Å². The van der Waals surface area contributed by atoms with Gasteiger partial charge in [0.15, 0.2) is 5.13 Å². The fraction of sp³-hybridized carbons (Fsp3) is 0.167. The van der Waals surface area contributed by atoms with Gasteiger partial charge in [0.1, 0.15) is 5.50 Å². The smallest absolute Gasteiger partial charge is 0.181 e. The van der Waals surface area contributed by atoms with Crippen molar-refractivity contribution in [3.63, 3.8) is 0 Å². The molecule has 1 atom stereocenters. The molecule has 6 rings (SSSR count). The molecule has 0 amide bonds. The molecule has 1 aliphatic rings. The second kappa shape index (κ2) is 9.60. The van der Waals surface area contributed by atoms with Crippen LogP contribution >= 0.6 is 23.1 Å². The van der Waals surface area contributed by atoms with Gasteiger partial charge < -0.3 is 21.8 Å². The molecular weight excluding hydrogens is 436 g/mol. The van der Waals surface area contributed by atoms with Gasteiger partial charge in [-0.2, -0.15) is 0 Å². The van der Waals surface area contributed by atoms with E-state index in [0.717, 1.165) is 16.6 Å². The van der Waals surface area contributed by atoms with Crippen molar-refractivity contribution in [2.24, 2.45) is 5.73 Å². The van der Waals surface area contributed by atoms with Crippen LogP contribution in [0.4, 0.5) is 10.8 Å². The third kappa shape index (κ3) is 5.40. The number of fused-ring (bicyclic) bond motifs is 3. The number of aromatic nitrogens is 3. The van der Waals surface area contributed by atoms with Crippen LogP contribution in [0.3, 0.4) is 0 Å². The number of hydrogen-bond donors (Lipinski definition) is 4. The molecule has 6 N–H and O–H groups in total. The van der Waals surface area contributed by atoms with Gasteiger partial charge in [-0.25, -0.2) is 9.97 Å². The quantitative estimate of drug-likeness (QED) is 0.231. The fourth-order valence-corrected chi connectivity index (χ4v) is 4.96. The maximum absolute atomic E-state index is 5.69. The fourth-order valence-electron chi connectivity index (χ4n) is 3.28. The molecule has 0 fully saturated rings. The Morgan fingerprint density at radius 3 is 2.38 bits per heavy atom. The third-order valence-electron chi connectivity index (χ3n) is 4.82. The van der Waals surface area contributed by atoms with Gasteiger partial charge in [-0.15, -0.1) is 0 Å². The standard InChI is InChI=1S/C8H10N2S.C8H8N2S.C8H8N2/c1-5-2-3-7-6(4-5)10-8(9)11-7;1-5-2-3-6-7(4-5)11-8(9)10-6;1-6-2-3-7-8(4-6)10-5-9-7/h2-4,8,10H,9H2,1H3;2-4H,1H3,(H2,9,10);2-5H,1H3,(H,9,10). The molecule has 1 unspecified atom stereocenters. The van der Waals surface area contributed by atoms with E-state index in [0.29, 0.717) is 5.13 Å². The summed E-state index contributed by atoms with van der Waals surface area (Å²) in [5.41, 5.74) is 19.4. The number of nitrogens with zero attached hydrogens (tertiary/aromatic N) is 2. The van der Waals surface area contributed by atoms with Gasteiger partial charge in [0.05, 0.1) is 33.3 Å². The van der Waals surface area contributed by atoms with Crippen LogP contribution in [0.2, 0.25) is 0 Å². The van der Waals surface area contributed by atoms with E-state index in [1.165, 1.54) is 43.3 Å². The number of aryl methyl sites for hydroxylation is 3. The minimum Gasteiger partial charge on any atom is -0.375 e. The van der Waals surface area contributed by atoms with Gasteiger partial charge in [0, 0.05) is 4.90 Å². The minimum absolute atomic E-state index is 0.0341. The number of H-pyrrole nitrogens is 1. The number of thioether (sulfide) groups is 1. The summed E-state index contributed by atoms with van der Waals surface area (Å²) < 4.78 is 1.17. The maximum Gasteiger partial charge on any atom is 0.181 e. The van der Waals surface area contributed by atoms with E-state index in [-0.39, 0.29) is 5.50 Å². The van der Waals surface area contributed by atoms with Crippen LogP contribution in [0, 0.1) is 20.8 Å². The summed E-state index contributed by atoms with van der Waals surface area (Å²) in [5.74, 6) is 0. The van der Waals surface area contributed by atoms with Crippen molar-refractivity contribution in [3.05, 3.63) is 77.6 Å². The molecule has 0 saturated carbocycles. The Hall–Kier alpha value is -3.07. The number of imidazole rings is 1. The highest BCUT2D eigenvalue weighted by molar-refractivity contribution is 8.00. The molecule has 1 aliphatic heterocycles. The van der Waals surface area contributed by atoms with Gasteiger partial charge in [0.25, 0.3) is 0 Å². The largest absolute Gasteiger partial charge is 0.375 e. The van der Waals surface area contributed by atoms with Crippen LogP contribution in [0.1, 0.15) is 16.7 Å². The Morgan fingerprint density at radius 1 is 0.875 bits per heavy atom. The van der Waals surface area contributed by atoms with Gasteiger partial charge >= 0.3 is 0 Å². The SMILES string of the molecule is Cc1ccc2c(c1)NC(N)S2.Cc1ccc2nc(N)sc2c1.Cc1ccc2nc[nH]c2c1. The van der Waals surface area contributed by atoms with Crippen molar-refractivity contribution in [1.29, 1.82) is 0 Å². The molecule has 8 heteroatoms. The Labute approximate surface area is 195 Å². The van der Waals surface area contributed by atoms with E-state index in [1.54, 1.807) is 18.1 Å². The van der Waals surface area contributed by atoms with Gasteiger partial charge in [-0.3, -0.25) is 0 Å². The van der Waals surface area contributed by atoms with Crippen LogP contribution in [-0.2, 0) is 0 Å². The molecule has 3 heterocycles. The van der Waals surface area contributed by atoms with Crippen molar-refractivity contribution in [1.82, 2.24) is 15.0 Å². The van der Waals surface area contributed by atoms with Crippen LogP contribution in [0.15, 0.2) is 65.8 Å². The second-order valence-corrected chi connectivity index (χ2v) is 9.87. The Balaban J connectivity index is 0.000000115. The minimum atomic E-state index is 0.0341. The molecule has 6 nitrogen and oxygen atoms in total.